The first-order chi connectivity index (χ1) is 8.50. The Bertz CT molecular complexity index is 553. The summed E-state index contributed by atoms with van der Waals surface area (Å²) in [6.45, 7) is 3.12. The van der Waals surface area contributed by atoms with Crippen LogP contribution in [0.15, 0.2) is 34.5 Å². The van der Waals surface area contributed by atoms with Gasteiger partial charge in [-0.25, -0.2) is 0 Å². The van der Waals surface area contributed by atoms with Crippen LogP contribution in [0.3, 0.4) is 0 Å². The number of halogens is 2. The van der Waals surface area contributed by atoms with Crippen LogP contribution in [0.2, 0.25) is 0 Å². The fraction of sp³-hybridized carbons (Fsp3) is 0.167. The molecule has 0 saturated carbocycles. The molecule has 4 nitrogen and oxygen atoms in total. The van der Waals surface area contributed by atoms with Crippen LogP contribution in [-0.2, 0) is 10.9 Å². The van der Waals surface area contributed by atoms with Crippen molar-refractivity contribution >= 4 is 48.3 Å². The van der Waals surface area contributed by atoms with Crippen molar-refractivity contribution in [1.82, 2.24) is 0 Å². The Balaban J connectivity index is 2.26. The number of Topliss-reactive ketones (excluding diaryl/α,β-unsaturated/α-hetero) is 1. The molecule has 1 aromatic carbocycles. The third-order valence-electron chi connectivity index (χ3n) is 2.20. The molecule has 2 rings (SSSR count). The number of rotatable bonds is 3. The summed E-state index contributed by atoms with van der Waals surface area (Å²) >= 11 is 0.687. The molecular weight excluding hydrogens is 415 g/mol. The SMILES string of the molecule is CC(=O)/C(Br)=C(/C)OI1OC(=O)c2ccccc21. The zero-order valence-electron chi connectivity index (χ0n) is 9.70. The standard InChI is InChI=1S/C12H10BrIO4/c1-7(15)11(13)8(2)17-14-10-6-4-3-5-9(10)12(16)18-14/h3-6H,1-2H3/b11-8+. The van der Waals surface area contributed by atoms with Gasteiger partial charge in [0.05, 0.1) is 0 Å². The molecule has 0 N–H and O–H groups in total. The van der Waals surface area contributed by atoms with Gasteiger partial charge in [0.1, 0.15) is 0 Å². The van der Waals surface area contributed by atoms with Crippen LogP contribution in [0.5, 0.6) is 0 Å². The Kier molecular flexibility index (Phi) is 4.06. The van der Waals surface area contributed by atoms with Gasteiger partial charge in [-0.05, 0) is 0 Å². The summed E-state index contributed by atoms with van der Waals surface area (Å²) < 4.78 is 12.1. The van der Waals surface area contributed by atoms with Gasteiger partial charge in [0.25, 0.3) is 0 Å². The van der Waals surface area contributed by atoms with Crippen LogP contribution >= 0.6 is 36.6 Å². The second kappa shape index (κ2) is 5.40. The van der Waals surface area contributed by atoms with E-state index in [0.29, 0.717) is 15.8 Å². The zero-order valence-corrected chi connectivity index (χ0v) is 13.4. The van der Waals surface area contributed by atoms with Crippen molar-refractivity contribution in [2.45, 2.75) is 13.8 Å². The molecule has 0 aromatic heterocycles. The van der Waals surface area contributed by atoms with E-state index in [1.54, 1.807) is 19.1 Å². The predicted molar refractivity (Wildman–Crippen MR) is 78.0 cm³/mol. The van der Waals surface area contributed by atoms with Gasteiger partial charge in [0.2, 0.25) is 0 Å². The van der Waals surface area contributed by atoms with Crippen molar-refractivity contribution in [2.75, 3.05) is 0 Å². The van der Waals surface area contributed by atoms with Crippen molar-refractivity contribution in [3.05, 3.63) is 43.6 Å². The molecule has 0 amide bonds. The normalized spacial score (nSPS) is 16.8. The Morgan fingerprint density at radius 1 is 1.33 bits per heavy atom. The number of ketones is 1. The number of benzene rings is 1. The quantitative estimate of drug-likeness (QED) is 0.422. The molecule has 0 unspecified atom stereocenters. The van der Waals surface area contributed by atoms with E-state index in [2.05, 4.69) is 15.9 Å². The van der Waals surface area contributed by atoms with Gasteiger partial charge < -0.3 is 0 Å². The maximum absolute atomic E-state index is 11.6. The molecule has 1 heterocycles. The Morgan fingerprint density at radius 2 is 2.00 bits per heavy atom. The summed E-state index contributed by atoms with van der Waals surface area (Å²) in [4.78, 5) is 22.8. The van der Waals surface area contributed by atoms with Crippen molar-refractivity contribution in [1.29, 1.82) is 0 Å². The average Bonchev–Trinajstić information content (AvgIpc) is 2.66. The molecule has 18 heavy (non-hydrogen) atoms. The van der Waals surface area contributed by atoms with Gasteiger partial charge >= 0.3 is 122 Å². The van der Waals surface area contributed by atoms with Gasteiger partial charge in [0.15, 0.2) is 0 Å². The van der Waals surface area contributed by atoms with Crippen LogP contribution in [-0.4, -0.2) is 11.8 Å². The van der Waals surface area contributed by atoms with Crippen molar-refractivity contribution < 1.29 is 15.7 Å². The number of fused-ring (bicyclic) bond motifs is 1. The third kappa shape index (κ3) is 2.59. The molecule has 0 spiro atoms. The van der Waals surface area contributed by atoms with Crippen molar-refractivity contribution in [3.8, 4) is 0 Å². The summed E-state index contributed by atoms with van der Waals surface area (Å²) in [6.07, 6.45) is 0. The van der Waals surface area contributed by atoms with Gasteiger partial charge in [-0.2, -0.15) is 0 Å². The Hall–Kier alpha value is -0.890. The maximum atomic E-state index is 11.6. The summed E-state index contributed by atoms with van der Waals surface area (Å²) in [5.41, 5.74) is 0.564. The van der Waals surface area contributed by atoms with E-state index in [-0.39, 0.29) is 11.8 Å². The molecule has 0 saturated heterocycles. The molecule has 0 fully saturated rings. The van der Waals surface area contributed by atoms with Gasteiger partial charge in [0, 0.05) is 0 Å². The second-order valence-corrected chi connectivity index (χ2v) is 7.64. The predicted octanol–water partition coefficient (Wildman–Crippen LogP) is 3.60. The van der Waals surface area contributed by atoms with E-state index >= 15 is 0 Å². The zero-order chi connectivity index (χ0) is 13.3. The number of carbonyl (C=O) groups excluding carboxylic acids is 2. The van der Waals surface area contributed by atoms with Gasteiger partial charge in [-0.3, -0.25) is 0 Å². The molecule has 6 heteroatoms. The Labute approximate surface area is 121 Å². The van der Waals surface area contributed by atoms with Crippen LogP contribution < -0.4 is 0 Å². The van der Waals surface area contributed by atoms with Crippen LogP contribution in [0, 0.1) is 3.57 Å². The summed E-state index contributed by atoms with van der Waals surface area (Å²) in [7, 11) is 0. The number of allylic oxidation sites excluding steroid dienone is 2. The fourth-order valence-corrected chi connectivity index (χ4v) is 5.10. The monoisotopic (exact) mass is 424 g/mol. The molecule has 1 aromatic rings. The first-order valence-electron chi connectivity index (χ1n) is 5.08. The number of carbonyl (C=O) groups is 2. The van der Waals surface area contributed by atoms with E-state index < -0.39 is 20.6 Å². The topological polar surface area (TPSA) is 52.6 Å². The van der Waals surface area contributed by atoms with Crippen molar-refractivity contribution in [2.24, 2.45) is 0 Å². The molecule has 0 aliphatic carbocycles. The van der Waals surface area contributed by atoms with Crippen molar-refractivity contribution in [3.63, 3.8) is 0 Å². The molecule has 1 aliphatic heterocycles. The minimum absolute atomic E-state index is 0.123. The van der Waals surface area contributed by atoms with Crippen LogP contribution in [0.25, 0.3) is 0 Å². The molecular formula is C12H10BrIO4. The van der Waals surface area contributed by atoms with Gasteiger partial charge in [-0.15, -0.1) is 0 Å². The van der Waals surface area contributed by atoms with E-state index in [1.807, 2.05) is 12.1 Å². The number of hydrogen-bond acceptors (Lipinski definition) is 4. The third-order valence-corrected chi connectivity index (χ3v) is 7.07. The first-order valence-corrected chi connectivity index (χ1v) is 8.71. The van der Waals surface area contributed by atoms with Crippen LogP contribution in [0.1, 0.15) is 24.2 Å². The fourth-order valence-electron chi connectivity index (χ4n) is 1.35. The summed E-state index contributed by atoms with van der Waals surface area (Å²) in [5, 5.41) is 0. The molecule has 0 radical (unpaired) electrons. The molecule has 0 bridgehead atoms. The average molecular weight is 425 g/mol. The van der Waals surface area contributed by atoms with E-state index in [9.17, 15) is 9.59 Å². The van der Waals surface area contributed by atoms with Gasteiger partial charge in [-0.1, -0.05) is 0 Å². The molecule has 1 aliphatic rings. The number of hydrogen-bond donors (Lipinski definition) is 0. The van der Waals surface area contributed by atoms with E-state index in [1.165, 1.54) is 6.92 Å². The van der Waals surface area contributed by atoms with E-state index in [4.69, 9.17) is 6.13 Å². The second-order valence-electron chi connectivity index (χ2n) is 3.57. The molecule has 0 atom stereocenters. The Morgan fingerprint density at radius 3 is 2.67 bits per heavy atom. The first kappa shape index (κ1) is 13.5. The summed E-state index contributed by atoms with van der Waals surface area (Å²) in [6, 6.07) is 7.18. The van der Waals surface area contributed by atoms with Crippen LogP contribution in [0.4, 0.5) is 0 Å². The minimum atomic E-state index is -2.47. The van der Waals surface area contributed by atoms with E-state index in [0.717, 1.165) is 3.57 Å². The molecule has 96 valence electrons. The summed E-state index contributed by atoms with van der Waals surface area (Å²) in [5.74, 6) is -0.0121.